The molecule has 132 valence electrons. The average Bonchev–Trinajstić information content (AvgIpc) is 2.67. The number of para-hydroxylation sites is 1. The first kappa shape index (κ1) is 17.2. The van der Waals surface area contributed by atoms with E-state index in [1.54, 1.807) is 12.3 Å². The van der Waals surface area contributed by atoms with Gasteiger partial charge in [0.1, 0.15) is 11.5 Å². The maximum absolute atomic E-state index is 13.9. The number of carbonyl (C=O) groups excluding carboxylic acids is 1. The minimum atomic E-state index is -0.185. The van der Waals surface area contributed by atoms with Gasteiger partial charge in [-0.05, 0) is 30.7 Å². The minimum absolute atomic E-state index is 0.145. The summed E-state index contributed by atoms with van der Waals surface area (Å²) in [6, 6.07) is 10.6. The van der Waals surface area contributed by atoms with Crippen molar-refractivity contribution in [2.45, 2.75) is 13.3 Å². The van der Waals surface area contributed by atoms with E-state index in [9.17, 15) is 9.18 Å². The van der Waals surface area contributed by atoms with Gasteiger partial charge in [0, 0.05) is 44.6 Å². The van der Waals surface area contributed by atoms with Crippen LogP contribution in [0.5, 0.6) is 0 Å². The highest BCUT2D eigenvalue weighted by atomic mass is 19.1. The van der Waals surface area contributed by atoms with Crippen molar-refractivity contribution in [3.05, 3.63) is 54.1 Å². The van der Waals surface area contributed by atoms with Crippen LogP contribution in [0.25, 0.3) is 0 Å². The molecule has 2 aromatic rings. The van der Waals surface area contributed by atoms with Crippen LogP contribution < -0.4 is 15.1 Å². The maximum atomic E-state index is 13.9. The first-order valence-electron chi connectivity index (χ1n) is 8.67. The van der Waals surface area contributed by atoms with Crippen molar-refractivity contribution in [3.8, 4) is 0 Å². The summed E-state index contributed by atoms with van der Waals surface area (Å²) < 4.78 is 13.9. The number of rotatable bonds is 5. The first-order valence-corrected chi connectivity index (χ1v) is 8.67. The van der Waals surface area contributed by atoms with E-state index < -0.39 is 0 Å². The minimum Gasteiger partial charge on any atom is -0.368 e. The third kappa shape index (κ3) is 4.07. The van der Waals surface area contributed by atoms with Gasteiger partial charge in [0.2, 0.25) is 0 Å². The second kappa shape index (κ2) is 7.96. The third-order valence-corrected chi connectivity index (χ3v) is 4.35. The fraction of sp³-hybridized carbons (Fsp3) is 0.368. The van der Waals surface area contributed by atoms with Crippen LogP contribution in [0.4, 0.5) is 15.8 Å². The number of anilines is 2. The first-order chi connectivity index (χ1) is 12.2. The molecule has 3 rings (SSSR count). The zero-order valence-corrected chi connectivity index (χ0v) is 14.4. The van der Waals surface area contributed by atoms with Gasteiger partial charge in [0.25, 0.3) is 5.91 Å². The highest BCUT2D eigenvalue weighted by Crippen LogP contribution is 2.23. The number of nitrogens with one attached hydrogen (secondary N) is 1. The molecule has 1 aliphatic rings. The summed E-state index contributed by atoms with van der Waals surface area (Å²) in [5.41, 5.74) is 2.06. The highest BCUT2D eigenvalue weighted by Gasteiger charge is 2.20. The largest absolute Gasteiger partial charge is 0.368 e. The van der Waals surface area contributed by atoms with Crippen LogP contribution in [0, 0.1) is 5.82 Å². The predicted octanol–water partition coefficient (Wildman–Crippen LogP) is 2.69. The van der Waals surface area contributed by atoms with E-state index >= 15 is 0 Å². The number of hydrogen-bond acceptors (Lipinski definition) is 4. The van der Waals surface area contributed by atoms with Crippen LogP contribution in [0.15, 0.2) is 42.6 Å². The molecule has 6 heteroatoms. The number of hydrogen-bond donors (Lipinski definition) is 1. The van der Waals surface area contributed by atoms with E-state index in [1.165, 1.54) is 6.07 Å². The van der Waals surface area contributed by atoms with Crippen LogP contribution in [0.2, 0.25) is 0 Å². The number of aromatic nitrogens is 1. The molecule has 0 radical (unpaired) electrons. The van der Waals surface area contributed by atoms with Crippen LogP contribution in [-0.2, 0) is 0 Å². The standard InChI is InChI=1S/C19H23FN4O/c1-2-8-22-19(25)17-14-15(7-9-21-17)23-10-12-24(13-11-23)18-6-4-3-5-16(18)20/h3-7,9,14H,2,8,10-13H2,1H3,(H,22,25). The number of benzene rings is 1. The van der Waals surface area contributed by atoms with Gasteiger partial charge in [-0.2, -0.15) is 0 Å². The molecule has 1 amide bonds. The zero-order valence-electron chi connectivity index (χ0n) is 14.4. The van der Waals surface area contributed by atoms with Gasteiger partial charge in [0.05, 0.1) is 5.69 Å². The van der Waals surface area contributed by atoms with Crippen LogP contribution in [0.3, 0.4) is 0 Å². The lowest BCUT2D eigenvalue weighted by Crippen LogP contribution is -2.46. The number of halogens is 1. The molecule has 1 aromatic heterocycles. The van der Waals surface area contributed by atoms with Crippen LogP contribution >= 0.6 is 0 Å². The Bertz CT molecular complexity index is 729. The number of carbonyl (C=O) groups is 1. The van der Waals surface area contributed by atoms with E-state index in [2.05, 4.69) is 20.1 Å². The smallest absolute Gasteiger partial charge is 0.269 e. The molecular weight excluding hydrogens is 319 g/mol. The number of amides is 1. The van der Waals surface area contributed by atoms with Gasteiger partial charge in [-0.3, -0.25) is 9.78 Å². The molecule has 1 aliphatic heterocycles. The summed E-state index contributed by atoms with van der Waals surface area (Å²) in [6.45, 7) is 5.68. The monoisotopic (exact) mass is 342 g/mol. The van der Waals surface area contributed by atoms with Gasteiger partial charge < -0.3 is 15.1 Å². The molecule has 0 spiro atoms. The zero-order chi connectivity index (χ0) is 17.6. The van der Waals surface area contributed by atoms with E-state index in [1.807, 2.05) is 31.2 Å². The number of piperazine rings is 1. The van der Waals surface area contributed by atoms with Crippen molar-refractivity contribution in [1.82, 2.24) is 10.3 Å². The van der Waals surface area contributed by atoms with Crippen molar-refractivity contribution in [2.75, 3.05) is 42.5 Å². The molecule has 5 nitrogen and oxygen atoms in total. The third-order valence-electron chi connectivity index (χ3n) is 4.35. The van der Waals surface area contributed by atoms with E-state index in [0.717, 1.165) is 38.3 Å². The Morgan fingerprint density at radius 3 is 2.60 bits per heavy atom. The molecule has 0 unspecified atom stereocenters. The summed E-state index contributed by atoms with van der Waals surface area (Å²) in [5, 5.41) is 2.84. The second-order valence-electron chi connectivity index (χ2n) is 6.08. The van der Waals surface area contributed by atoms with Crippen molar-refractivity contribution in [2.24, 2.45) is 0 Å². The lowest BCUT2D eigenvalue weighted by Gasteiger charge is -2.37. The fourth-order valence-electron chi connectivity index (χ4n) is 2.98. The molecule has 0 bridgehead atoms. The number of nitrogens with zero attached hydrogens (tertiary/aromatic N) is 3. The summed E-state index contributed by atoms with van der Waals surface area (Å²) in [5.74, 6) is -0.330. The summed E-state index contributed by atoms with van der Waals surface area (Å²) in [7, 11) is 0. The van der Waals surface area contributed by atoms with Crippen molar-refractivity contribution < 1.29 is 9.18 Å². The van der Waals surface area contributed by atoms with Gasteiger partial charge in [-0.25, -0.2) is 4.39 Å². The molecule has 0 atom stereocenters. The fourth-order valence-corrected chi connectivity index (χ4v) is 2.98. The van der Waals surface area contributed by atoms with Gasteiger partial charge >= 0.3 is 0 Å². The normalized spacial score (nSPS) is 14.5. The second-order valence-corrected chi connectivity index (χ2v) is 6.08. The molecule has 1 fully saturated rings. The molecule has 1 aromatic carbocycles. The molecule has 0 saturated carbocycles. The highest BCUT2D eigenvalue weighted by molar-refractivity contribution is 5.93. The lowest BCUT2D eigenvalue weighted by atomic mass is 10.2. The van der Waals surface area contributed by atoms with E-state index in [4.69, 9.17) is 0 Å². The molecule has 1 N–H and O–H groups in total. The summed E-state index contributed by atoms with van der Waals surface area (Å²) >= 11 is 0. The Labute approximate surface area is 147 Å². The summed E-state index contributed by atoms with van der Waals surface area (Å²) in [6.07, 6.45) is 2.56. The van der Waals surface area contributed by atoms with Gasteiger partial charge in [-0.15, -0.1) is 0 Å². The number of pyridine rings is 1. The Morgan fingerprint density at radius 2 is 1.88 bits per heavy atom. The van der Waals surface area contributed by atoms with Crippen molar-refractivity contribution >= 4 is 17.3 Å². The van der Waals surface area contributed by atoms with Gasteiger partial charge in [-0.1, -0.05) is 19.1 Å². The van der Waals surface area contributed by atoms with E-state index in [-0.39, 0.29) is 11.7 Å². The average molecular weight is 342 g/mol. The Kier molecular flexibility index (Phi) is 5.48. The predicted molar refractivity (Wildman–Crippen MR) is 97.7 cm³/mol. The molecule has 25 heavy (non-hydrogen) atoms. The topological polar surface area (TPSA) is 48.5 Å². The molecule has 0 aliphatic carbocycles. The van der Waals surface area contributed by atoms with Crippen molar-refractivity contribution in [1.29, 1.82) is 0 Å². The Hall–Kier alpha value is -2.63. The van der Waals surface area contributed by atoms with Crippen molar-refractivity contribution in [3.63, 3.8) is 0 Å². The molecule has 1 saturated heterocycles. The lowest BCUT2D eigenvalue weighted by molar-refractivity contribution is 0.0948. The van der Waals surface area contributed by atoms with Crippen LogP contribution in [0.1, 0.15) is 23.8 Å². The van der Waals surface area contributed by atoms with E-state index in [0.29, 0.717) is 17.9 Å². The quantitative estimate of drug-likeness (QED) is 0.908. The SMILES string of the molecule is CCCNC(=O)c1cc(N2CCN(c3ccccc3F)CC2)ccn1. The molecule has 2 heterocycles. The Morgan fingerprint density at radius 1 is 1.16 bits per heavy atom. The van der Waals surface area contributed by atoms with Gasteiger partial charge in [0.15, 0.2) is 0 Å². The molecular formula is C19H23FN4O. The Balaban J connectivity index is 1.65. The summed E-state index contributed by atoms with van der Waals surface area (Å²) in [4.78, 5) is 20.5. The maximum Gasteiger partial charge on any atom is 0.269 e. The van der Waals surface area contributed by atoms with Crippen LogP contribution in [-0.4, -0.2) is 43.6 Å².